The molecule has 1 aromatic rings. The van der Waals surface area contributed by atoms with Crippen LogP contribution in [-0.2, 0) is 11.2 Å². The molecule has 1 unspecified atom stereocenters. The van der Waals surface area contributed by atoms with Gasteiger partial charge in [-0.3, -0.25) is 0 Å². The smallest absolute Gasteiger partial charge is 0.123 e. The van der Waals surface area contributed by atoms with E-state index in [0.717, 1.165) is 43.2 Å². The van der Waals surface area contributed by atoms with E-state index in [0.29, 0.717) is 5.88 Å². The fourth-order valence-electron chi connectivity index (χ4n) is 1.76. The van der Waals surface area contributed by atoms with Gasteiger partial charge in [0, 0.05) is 24.3 Å². The molecule has 0 spiro atoms. The number of aromatic nitrogens is 1. The van der Waals surface area contributed by atoms with Gasteiger partial charge in [-0.2, -0.15) is 0 Å². The van der Waals surface area contributed by atoms with Crippen molar-refractivity contribution in [2.24, 2.45) is 0 Å². The summed E-state index contributed by atoms with van der Waals surface area (Å²) in [5.41, 5.74) is 1.15. The maximum absolute atomic E-state index is 5.73. The molecule has 1 saturated heterocycles. The lowest BCUT2D eigenvalue weighted by Gasteiger charge is -2.28. The molecule has 1 fully saturated rings. The van der Waals surface area contributed by atoms with Gasteiger partial charge in [0.05, 0.1) is 12.3 Å². The topological polar surface area (TPSA) is 25.4 Å². The molecule has 1 aromatic heterocycles. The second-order valence-electron chi connectivity index (χ2n) is 4.09. The van der Waals surface area contributed by atoms with Crippen LogP contribution in [0.2, 0.25) is 0 Å². The van der Waals surface area contributed by atoms with Crippen LogP contribution in [0.15, 0.2) is 5.38 Å². The summed E-state index contributed by atoms with van der Waals surface area (Å²) in [7, 11) is 2.12. The Morgan fingerprint density at radius 3 is 3.31 bits per heavy atom. The second kappa shape index (κ2) is 5.96. The summed E-state index contributed by atoms with van der Waals surface area (Å²) in [4.78, 5) is 6.90. The van der Waals surface area contributed by atoms with Gasteiger partial charge in [0.15, 0.2) is 0 Å². The average Bonchev–Trinajstić information content (AvgIpc) is 2.75. The molecule has 0 aliphatic carbocycles. The lowest BCUT2D eigenvalue weighted by molar-refractivity contribution is -0.0210. The zero-order chi connectivity index (χ0) is 11.4. The van der Waals surface area contributed by atoms with E-state index in [-0.39, 0.29) is 6.10 Å². The molecule has 1 aliphatic rings. The minimum atomic E-state index is 0.161. The molecule has 1 atom stereocenters. The van der Waals surface area contributed by atoms with Crippen molar-refractivity contribution < 1.29 is 4.74 Å². The van der Waals surface area contributed by atoms with Crippen molar-refractivity contribution in [3.8, 4) is 0 Å². The molecule has 3 nitrogen and oxygen atoms in total. The number of ether oxygens (including phenoxy) is 1. The quantitative estimate of drug-likeness (QED) is 0.777. The fraction of sp³-hybridized carbons (Fsp3) is 0.727. The maximum atomic E-state index is 5.73. The normalized spacial score (nSPS) is 22.5. The van der Waals surface area contributed by atoms with E-state index in [2.05, 4.69) is 22.3 Å². The molecule has 2 heterocycles. The van der Waals surface area contributed by atoms with Gasteiger partial charge in [-0.1, -0.05) is 0 Å². The van der Waals surface area contributed by atoms with Gasteiger partial charge < -0.3 is 9.64 Å². The summed E-state index contributed by atoms with van der Waals surface area (Å²) in [5.74, 6) is 0.704. The summed E-state index contributed by atoms with van der Waals surface area (Å²) < 4.78 is 5.73. The highest BCUT2D eigenvalue weighted by molar-refractivity contribution is 7.09. The number of aryl methyl sites for hydroxylation is 1. The number of hydrogen-bond acceptors (Lipinski definition) is 4. The third kappa shape index (κ3) is 3.17. The highest BCUT2D eigenvalue weighted by Gasteiger charge is 2.22. The van der Waals surface area contributed by atoms with Crippen molar-refractivity contribution in [3.63, 3.8) is 0 Å². The number of morpholine rings is 1. The first kappa shape index (κ1) is 12.3. The molecule has 90 valence electrons. The summed E-state index contributed by atoms with van der Waals surface area (Å²) in [6, 6.07) is 0. The molecule has 0 amide bonds. The van der Waals surface area contributed by atoms with Crippen molar-refractivity contribution in [3.05, 3.63) is 16.1 Å². The van der Waals surface area contributed by atoms with Crippen LogP contribution < -0.4 is 0 Å². The highest BCUT2D eigenvalue weighted by atomic mass is 35.5. The maximum Gasteiger partial charge on any atom is 0.123 e. The first-order valence-electron chi connectivity index (χ1n) is 5.60. The van der Waals surface area contributed by atoms with Crippen molar-refractivity contribution in [2.75, 3.05) is 32.6 Å². The van der Waals surface area contributed by atoms with E-state index in [9.17, 15) is 0 Å². The van der Waals surface area contributed by atoms with Crippen molar-refractivity contribution >= 4 is 22.9 Å². The Balaban J connectivity index is 1.95. The lowest BCUT2D eigenvalue weighted by Crippen LogP contribution is -2.35. The fourth-order valence-corrected chi connectivity index (χ4v) is 2.79. The van der Waals surface area contributed by atoms with Gasteiger partial charge >= 0.3 is 0 Å². The lowest BCUT2D eigenvalue weighted by atomic mass is 10.2. The van der Waals surface area contributed by atoms with Crippen LogP contribution in [0.5, 0.6) is 0 Å². The summed E-state index contributed by atoms with van der Waals surface area (Å²) >= 11 is 7.37. The van der Waals surface area contributed by atoms with E-state index >= 15 is 0 Å². The van der Waals surface area contributed by atoms with Gasteiger partial charge in [-0.05, 0) is 19.9 Å². The number of rotatable bonds is 4. The number of alkyl halides is 1. The molecule has 0 N–H and O–H groups in total. The van der Waals surface area contributed by atoms with Crippen molar-refractivity contribution in [2.45, 2.75) is 18.9 Å². The molecule has 2 rings (SSSR count). The Kier molecular flexibility index (Phi) is 4.58. The van der Waals surface area contributed by atoms with Crippen LogP contribution in [0.4, 0.5) is 0 Å². The third-order valence-corrected chi connectivity index (χ3v) is 3.93. The van der Waals surface area contributed by atoms with E-state index < -0.39 is 0 Å². The largest absolute Gasteiger partial charge is 0.368 e. The van der Waals surface area contributed by atoms with E-state index in [4.69, 9.17) is 16.3 Å². The highest BCUT2D eigenvalue weighted by Crippen LogP contribution is 2.25. The number of halogens is 1. The van der Waals surface area contributed by atoms with Crippen LogP contribution in [0.25, 0.3) is 0 Å². The number of hydrogen-bond donors (Lipinski definition) is 0. The first-order chi connectivity index (χ1) is 7.79. The van der Waals surface area contributed by atoms with Crippen LogP contribution in [0.3, 0.4) is 0 Å². The Bertz CT molecular complexity index is 332. The summed E-state index contributed by atoms with van der Waals surface area (Å²) in [6.07, 6.45) is 2.13. The summed E-state index contributed by atoms with van der Waals surface area (Å²) in [5, 5.41) is 3.23. The summed E-state index contributed by atoms with van der Waals surface area (Å²) in [6.45, 7) is 2.77. The van der Waals surface area contributed by atoms with Crippen LogP contribution in [0.1, 0.15) is 23.2 Å². The molecule has 0 radical (unpaired) electrons. The number of likely N-dealkylation sites (N-methyl/N-ethyl adjacent to an activating group) is 1. The number of thiazole rings is 1. The van der Waals surface area contributed by atoms with Crippen molar-refractivity contribution in [1.29, 1.82) is 0 Å². The molecular formula is C11H17ClN2OS. The second-order valence-corrected chi connectivity index (χ2v) is 5.36. The van der Waals surface area contributed by atoms with Crippen LogP contribution >= 0.6 is 22.9 Å². The monoisotopic (exact) mass is 260 g/mol. The molecule has 0 saturated carbocycles. The minimum Gasteiger partial charge on any atom is -0.368 e. The standard InChI is InChI=1S/C11H17ClN2OS/c1-14-5-6-15-10(7-14)11-13-9(8-16-11)3-2-4-12/h8,10H,2-7H2,1H3. The van der Waals surface area contributed by atoms with Gasteiger partial charge in [0.1, 0.15) is 11.1 Å². The van der Waals surface area contributed by atoms with Gasteiger partial charge in [0.2, 0.25) is 0 Å². The predicted molar refractivity (Wildman–Crippen MR) is 67.3 cm³/mol. The molecule has 1 aliphatic heterocycles. The first-order valence-corrected chi connectivity index (χ1v) is 7.01. The van der Waals surface area contributed by atoms with E-state index in [1.54, 1.807) is 11.3 Å². The van der Waals surface area contributed by atoms with E-state index in [1.807, 2.05) is 0 Å². The Labute approximate surface area is 105 Å². The average molecular weight is 261 g/mol. The number of nitrogens with zero attached hydrogens (tertiary/aromatic N) is 2. The third-order valence-electron chi connectivity index (χ3n) is 2.68. The van der Waals surface area contributed by atoms with Crippen molar-refractivity contribution in [1.82, 2.24) is 9.88 Å². The van der Waals surface area contributed by atoms with Crippen LogP contribution in [0, 0.1) is 0 Å². The Morgan fingerprint density at radius 2 is 2.56 bits per heavy atom. The molecule has 0 bridgehead atoms. The molecule has 0 aromatic carbocycles. The van der Waals surface area contributed by atoms with Crippen LogP contribution in [-0.4, -0.2) is 42.5 Å². The zero-order valence-corrected chi connectivity index (χ0v) is 11.1. The molecule has 5 heteroatoms. The SMILES string of the molecule is CN1CCOC(c2nc(CCCCl)cs2)C1. The predicted octanol–water partition coefficient (Wildman–Crippen LogP) is 2.32. The van der Waals surface area contributed by atoms with Gasteiger partial charge in [-0.15, -0.1) is 22.9 Å². The minimum absolute atomic E-state index is 0.161. The Hall–Kier alpha value is -0.160. The Morgan fingerprint density at radius 1 is 1.69 bits per heavy atom. The molecular weight excluding hydrogens is 244 g/mol. The van der Waals surface area contributed by atoms with Gasteiger partial charge in [0.25, 0.3) is 0 Å². The molecule has 16 heavy (non-hydrogen) atoms. The van der Waals surface area contributed by atoms with Gasteiger partial charge in [-0.25, -0.2) is 4.98 Å². The zero-order valence-electron chi connectivity index (χ0n) is 9.49. The van der Waals surface area contributed by atoms with E-state index in [1.165, 1.54) is 0 Å².